The van der Waals surface area contributed by atoms with E-state index in [4.69, 9.17) is 4.74 Å². The van der Waals surface area contributed by atoms with Crippen LogP contribution in [0.15, 0.2) is 17.3 Å². The van der Waals surface area contributed by atoms with E-state index in [0.29, 0.717) is 18.9 Å². The Bertz CT molecular complexity index is 220. The maximum atomic E-state index is 10.9. The largest absolute Gasteiger partial charge is 0.459 e. The van der Waals surface area contributed by atoms with Crippen molar-refractivity contribution in [3.05, 3.63) is 12.3 Å². The Kier molecular flexibility index (Phi) is 2.25. The number of hydrogen-bond donors (Lipinski definition) is 0. The van der Waals surface area contributed by atoms with Crippen molar-refractivity contribution >= 4 is 11.9 Å². The summed E-state index contributed by atoms with van der Waals surface area (Å²) >= 11 is 0. The zero-order valence-corrected chi connectivity index (χ0v) is 6.29. The number of hydrogen-bond acceptors (Lipinski definition) is 4. The molecule has 4 heteroatoms. The third kappa shape index (κ3) is 1.80. The van der Waals surface area contributed by atoms with Crippen LogP contribution in [0.5, 0.6) is 0 Å². The molecule has 0 atom stereocenters. The van der Waals surface area contributed by atoms with Gasteiger partial charge in [-0.2, -0.15) is 0 Å². The molecule has 0 aromatic rings. The molecule has 0 amide bonds. The molecule has 60 valence electrons. The van der Waals surface area contributed by atoms with Crippen LogP contribution in [0.2, 0.25) is 0 Å². The lowest BCUT2D eigenvalue weighted by Crippen LogP contribution is -2.16. The van der Waals surface area contributed by atoms with Crippen molar-refractivity contribution in [1.29, 1.82) is 0 Å². The van der Waals surface area contributed by atoms with E-state index < -0.39 is 5.97 Å². The highest BCUT2D eigenvalue weighted by atomic mass is 16.6. The summed E-state index contributed by atoms with van der Waals surface area (Å²) in [6, 6.07) is 0. The van der Waals surface area contributed by atoms with Crippen molar-refractivity contribution in [3.8, 4) is 0 Å². The minimum atomic E-state index is -0.522. The lowest BCUT2D eigenvalue weighted by atomic mass is 10.6. The number of carbonyl (C=O) groups excluding carboxylic acids is 1. The number of carbonyl (C=O) groups is 1. The predicted molar refractivity (Wildman–Crippen MR) is 39.2 cm³/mol. The van der Waals surface area contributed by atoms with Gasteiger partial charge in [0.1, 0.15) is 12.3 Å². The van der Waals surface area contributed by atoms with Crippen LogP contribution in [-0.2, 0) is 14.3 Å². The summed E-state index contributed by atoms with van der Waals surface area (Å²) in [5.41, 5.74) is 0. The van der Waals surface area contributed by atoms with E-state index in [0.717, 1.165) is 0 Å². The second-order valence-corrected chi connectivity index (χ2v) is 1.98. The van der Waals surface area contributed by atoms with Crippen molar-refractivity contribution in [1.82, 2.24) is 0 Å². The maximum absolute atomic E-state index is 10.9. The molecule has 1 rings (SSSR count). The molecule has 11 heavy (non-hydrogen) atoms. The molecule has 0 aromatic carbocycles. The van der Waals surface area contributed by atoms with Crippen LogP contribution in [0, 0.1) is 0 Å². The van der Waals surface area contributed by atoms with Crippen LogP contribution in [0.3, 0.4) is 0 Å². The highest BCUT2D eigenvalue weighted by Crippen LogP contribution is 2.06. The normalized spacial score (nSPS) is 15.7. The number of nitrogens with zero attached hydrogens (tertiary/aromatic N) is 1. The average molecular weight is 155 g/mol. The Hall–Kier alpha value is -1.32. The van der Waals surface area contributed by atoms with Crippen molar-refractivity contribution in [3.63, 3.8) is 0 Å². The Balaban J connectivity index is 2.49. The monoisotopic (exact) mass is 155 g/mol. The van der Waals surface area contributed by atoms with Gasteiger partial charge in [0.15, 0.2) is 0 Å². The van der Waals surface area contributed by atoms with Crippen LogP contribution in [-0.4, -0.2) is 25.0 Å². The average Bonchev–Trinajstić information content (AvgIpc) is 2.36. The van der Waals surface area contributed by atoms with Crippen molar-refractivity contribution in [2.75, 3.05) is 13.2 Å². The lowest BCUT2D eigenvalue weighted by molar-refractivity contribution is -0.136. The predicted octanol–water partition coefficient (Wildman–Crippen LogP) is 0.492. The van der Waals surface area contributed by atoms with E-state index in [9.17, 15) is 4.79 Å². The molecule has 0 radical (unpaired) electrons. The third-order valence-corrected chi connectivity index (χ3v) is 1.09. The van der Waals surface area contributed by atoms with E-state index in [1.807, 2.05) is 0 Å². The number of esters is 1. The zero-order valence-electron chi connectivity index (χ0n) is 6.29. The Morgan fingerprint density at radius 3 is 3.09 bits per heavy atom. The molecular formula is C7H9NO3. The fourth-order valence-electron chi connectivity index (χ4n) is 0.660. The van der Waals surface area contributed by atoms with Gasteiger partial charge in [0, 0.05) is 0 Å². The highest BCUT2D eigenvalue weighted by Gasteiger charge is 2.20. The van der Waals surface area contributed by atoms with Crippen LogP contribution in [0.25, 0.3) is 0 Å². The zero-order chi connectivity index (χ0) is 8.27. The van der Waals surface area contributed by atoms with Crippen molar-refractivity contribution in [2.24, 2.45) is 4.99 Å². The molecule has 0 bridgehead atoms. The quantitative estimate of drug-likeness (QED) is 0.545. The minimum absolute atomic E-state index is 0.0110. The van der Waals surface area contributed by atoms with E-state index in [2.05, 4.69) is 16.3 Å². The number of aliphatic imine (C=N–C) groups is 1. The molecular weight excluding hydrogens is 146 g/mol. The van der Waals surface area contributed by atoms with E-state index >= 15 is 0 Å². The molecule has 1 aliphatic rings. The van der Waals surface area contributed by atoms with Gasteiger partial charge in [0.05, 0.1) is 6.61 Å². The number of rotatable bonds is 2. The molecule has 0 aromatic heterocycles. The van der Waals surface area contributed by atoms with E-state index in [1.165, 1.54) is 0 Å². The van der Waals surface area contributed by atoms with Gasteiger partial charge < -0.3 is 9.47 Å². The summed E-state index contributed by atoms with van der Waals surface area (Å²) in [5.74, 6) is -0.0314. The fraction of sp³-hybridized carbons (Fsp3) is 0.429. The molecule has 4 nitrogen and oxygen atoms in total. The number of ether oxygens (including phenoxy) is 2. The Morgan fingerprint density at radius 1 is 1.91 bits per heavy atom. The molecule has 0 saturated carbocycles. The van der Waals surface area contributed by atoms with E-state index in [1.54, 1.807) is 6.92 Å². The topological polar surface area (TPSA) is 47.9 Å². The molecule has 0 spiro atoms. The molecule has 1 heterocycles. The Morgan fingerprint density at radius 2 is 2.64 bits per heavy atom. The standard InChI is InChI=1S/C7H9NO3/c1-3-10-7(9)6-8-4-5(2)11-6/h2-4H2,1H3. The summed E-state index contributed by atoms with van der Waals surface area (Å²) in [4.78, 5) is 14.6. The first-order chi connectivity index (χ1) is 5.24. The van der Waals surface area contributed by atoms with Gasteiger partial charge >= 0.3 is 11.9 Å². The second kappa shape index (κ2) is 3.18. The minimum Gasteiger partial charge on any atom is -0.459 e. The lowest BCUT2D eigenvalue weighted by Gasteiger charge is -1.99. The molecule has 1 aliphatic heterocycles. The molecule has 0 saturated heterocycles. The summed E-state index contributed by atoms with van der Waals surface area (Å²) in [5, 5.41) is 0. The fourth-order valence-corrected chi connectivity index (χ4v) is 0.660. The highest BCUT2D eigenvalue weighted by molar-refractivity contribution is 6.33. The van der Waals surface area contributed by atoms with Crippen molar-refractivity contribution < 1.29 is 14.3 Å². The summed E-state index contributed by atoms with van der Waals surface area (Å²) in [7, 11) is 0. The van der Waals surface area contributed by atoms with Gasteiger partial charge in [-0.25, -0.2) is 9.79 Å². The van der Waals surface area contributed by atoms with Gasteiger partial charge in [0.2, 0.25) is 0 Å². The van der Waals surface area contributed by atoms with Crippen LogP contribution < -0.4 is 0 Å². The maximum Gasteiger partial charge on any atom is 0.394 e. The van der Waals surface area contributed by atoms with Gasteiger partial charge in [-0.1, -0.05) is 6.58 Å². The van der Waals surface area contributed by atoms with Gasteiger partial charge in [-0.15, -0.1) is 0 Å². The summed E-state index contributed by atoms with van der Waals surface area (Å²) in [6.45, 7) is 5.91. The summed E-state index contributed by atoms with van der Waals surface area (Å²) < 4.78 is 9.49. The first-order valence-electron chi connectivity index (χ1n) is 3.31. The van der Waals surface area contributed by atoms with Crippen molar-refractivity contribution in [2.45, 2.75) is 6.92 Å². The van der Waals surface area contributed by atoms with Crippen LogP contribution >= 0.6 is 0 Å². The second-order valence-electron chi connectivity index (χ2n) is 1.98. The van der Waals surface area contributed by atoms with Gasteiger partial charge in [-0.05, 0) is 6.92 Å². The Labute approximate surface area is 64.5 Å². The third-order valence-electron chi connectivity index (χ3n) is 1.09. The molecule has 0 aliphatic carbocycles. The molecule has 0 fully saturated rings. The smallest absolute Gasteiger partial charge is 0.394 e. The SMILES string of the molecule is C=C1CN=C(C(=O)OCC)O1. The van der Waals surface area contributed by atoms with E-state index in [-0.39, 0.29) is 5.90 Å². The van der Waals surface area contributed by atoms with Gasteiger partial charge in [0.25, 0.3) is 0 Å². The van der Waals surface area contributed by atoms with Crippen LogP contribution in [0.4, 0.5) is 0 Å². The first-order valence-corrected chi connectivity index (χ1v) is 3.31. The summed E-state index contributed by atoms with van der Waals surface area (Å²) in [6.07, 6.45) is 0. The van der Waals surface area contributed by atoms with Gasteiger partial charge in [-0.3, -0.25) is 0 Å². The first kappa shape index (κ1) is 7.78. The van der Waals surface area contributed by atoms with Crippen LogP contribution in [0.1, 0.15) is 6.92 Å². The molecule has 0 unspecified atom stereocenters. The molecule has 0 N–H and O–H groups in total.